The van der Waals surface area contributed by atoms with E-state index in [1.165, 1.54) is 0 Å². The Balaban J connectivity index is 3.04. The first kappa shape index (κ1) is 8.47. The van der Waals surface area contributed by atoms with Crippen molar-refractivity contribution in [2.75, 3.05) is 6.61 Å². The molecule has 9 heavy (non-hydrogen) atoms. The van der Waals surface area contributed by atoms with E-state index < -0.39 is 0 Å². The Morgan fingerprint density at radius 2 is 2.22 bits per heavy atom. The van der Waals surface area contributed by atoms with Crippen molar-refractivity contribution in [3.63, 3.8) is 0 Å². The highest BCUT2D eigenvalue weighted by molar-refractivity contribution is 5.56. The predicted molar refractivity (Wildman–Crippen MR) is 39.6 cm³/mol. The van der Waals surface area contributed by atoms with Crippen LogP contribution in [0.4, 0.5) is 0 Å². The number of oxime groups is 1. The van der Waals surface area contributed by atoms with Gasteiger partial charge in [-0.15, -0.1) is 0 Å². The average Bonchev–Trinajstić information content (AvgIpc) is 1.80. The zero-order valence-electron chi connectivity index (χ0n) is 6.42. The van der Waals surface area contributed by atoms with Crippen LogP contribution in [0.1, 0.15) is 27.2 Å². The van der Waals surface area contributed by atoms with Crippen molar-refractivity contribution in [1.29, 1.82) is 0 Å². The van der Waals surface area contributed by atoms with Crippen molar-refractivity contribution >= 4 is 6.21 Å². The van der Waals surface area contributed by atoms with E-state index in [2.05, 4.69) is 19.0 Å². The van der Waals surface area contributed by atoms with Gasteiger partial charge in [-0.3, -0.25) is 0 Å². The van der Waals surface area contributed by atoms with Crippen molar-refractivity contribution in [2.24, 2.45) is 11.1 Å². The monoisotopic (exact) mass is 129 g/mol. The summed E-state index contributed by atoms with van der Waals surface area (Å²) in [5, 5.41) is 3.70. The van der Waals surface area contributed by atoms with Crippen LogP contribution < -0.4 is 0 Å². The van der Waals surface area contributed by atoms with Gasteiger partial charge in [0.25, 0.3) is 0 Å². The van der Waals surface area contributed by atoms with Crippen molar-refractivity contribution in [1.82, 2.24) is 0 Å². The average molecular weight is 129 g/mol. The maximum atomic E-state index is 4.75. The molecule has 0 unspecified atom stereocenters. The first-order valence-electron chi connectivity index (χ1n) is 3.41. The summed E-state index contributed by atoms with van der Waals surface area (Å²) in [4.78, 5) is 4.75. The summed E-state index contributed by atoms with van der Waals surface area (Å²) in [5.74, 6) is 0.675. The third kappa shape index (κ3) is 7.47. The molecule has 0 saturated carbocycles. The van der Waals surface area contributed by atoms with E-state index in [1.54, 1.807) is 0 Å². The van der Waals surface area contributed by atoms with Gasteiger partial charge in [-0.05, 0) is 19.3 Å². The lowest BCUT2D eigenvalue weighted by molar-refractivity contribution is 0.159. The maximum Gasteiger partial charge on any atom is 0.114 e. The number of nitrogens with zero attached hydrogens (tertiary/aromatic N) is 1. The molecule has 0 fully saturated rings. The smallest absolute Gasteiger partial charge is 0.114 e. The van der Waals surface area contributed by atoms with Gasteiger partial charge >= 0.3 is 0 Å². The number of hydrogen-bond donors (Lipinski definition) is 0. The van der Waals surface area contributed by atoms with Crippen molar-refractivity contribution < 1.29 is 4.84 Å². The maximum absolute atomic E-state index is 4.75. The van der Waals surface area contributed by atoms with Gasteiger partial charge in [-0.2, -0.15) is 0 Å². The quantitative estimate of drug-likeness (QED) is 0.420. The first-order valence-corrected chi connectivity index (χ1v) is 3.41. The van der Waals surface area contributed by atoms with Gasteiger partial charge in [0.15, 0.2) is 0 Å². The summed E-state index contributed by atoms with van der Waals surface area (Å²) < 4.78 is 0. The van der Waals surface area contributed by atoms with E-state index in [-0.39, 0.29) is 0 Å². The molecule has 54 valence electrons. The minimum absolute atomic E-state index is 0.661. The largest absolute Gasteiger partial charge is 0.396 e. The van der Waals surface area contributed by atoms with Gasteiger partial charge in [-0.25, -0.2) is 0 Å². The van der Waals surface area contributed by atoms with E-state index in [0.29, 0.717) is 12.5 Å². The fourth-order valence-corrected chi connectivity index (χ4v) is 0.381. The Morgan fingerprint density at radius 3 is 2.67 bits per heavy atom. The van der Waals surface area contributed by atoms with Crippen LogP contribution in [-0.2, 0) is 4.84 Å². The van der Waals surface area contributed by atoms with E-state index in [0.717, 1.165) is 6.42 Å². The molecule has 0 aliphatic heterocycles. The molecule has 0 N–H and O–H groups in total. The molecule has 0 saturated heterocycles. The lowest BCUT2D eigenvalue weighted by Gasteiger charge is -1.95. The molecule has 0 amide bonds. The van der Waals surface area contributed by atoms with Gasteiger partial charge in [-0.1, -0.05) is 19.0 Å². The highest BCUT2D eigenvalue weighted by atomic mass is 16.6. The van der Waals surface area contributed by atoms with Crippen molar-refractivity contribution in [2.45, 2.75) is 27.2 Å². The van der Waals surface area contributed by atoms with Crippen LogP contribution in [-0.4, -0.2) is 12.8 Å². The molecule has 2 nitrogen and oxygen atoms in total. The second-order valence-corrected chi connectivity index (χ2v) is 2.34. The molecule has 0 aromatic rings. The Hall–Kier alpha value is -0.530. The minimum Gasteiger partial charge on any atom is -0.396 e. The van der Waals surface area contributed by atoms with Crippen LogP contribution in [0.25, 0.3) is 0 Å². The van der Waals surface area contributed by atoms with Crippen LogP contribution in [0.3, 0.4) is 0 Å². The molecule has 0 aliphatic rings. The molecule has 0 rings (SSSR count). The van der Waals surface area contributed by atoms with E-state index >= 15 is 0 Å². The third-order valence-corrected chi connectivity index (χ3v) is 0.855. The summed E-state index contributed by atoms with van der Waals surface area (Å²) in [6.07, 6.45) is 2.81. The summed E-state index contributed by atoms with van der Waals surface area (Å²) in [6.45, 7) is 6.89. The van der Waals surface area contributed by atoms with Gasteiger partial charge in [0.2, 0.25) is 0 Å². The Labute approximate surface area is 56.9 Å². The summed E-state index contributed by atoms with van der Waals surface area (Å²) in [6, 6.07) is 0. The second-order valence-electron chi connectivity index (χ2n) is 2.34. The van der Waals surface area contributed by atoms with E-state index in [4.69, 9.17) is 4.84 Å². The molecule has 0 heterocycles. The number of rotatable bonds is 4. The Bertz CT molecular complexity index is 79.0. The lowest BCUT2D eigenvalue weighted by Crippen LogP contribution is -1.88. The van der Waals surface area contributed by atoms with E-state index in [9.17, 15) is 0 Å². The van der Waals surface area contributed by atoms with Crippen LogP contribution in [0, 0.1) is 5.92 Å². The molecular formula is C7H15NO. The van der Waals surface area contributed by atoms with Gasteiger partial charge in [0.1, 0.15) is 6.61 Å². The SMILES string of the molecule is CCO/N=C/CC(C)C. The van der Waals surface area contributed by atoms with Crippen molar-refractivity contribution in [3.05, 3.63) is 0 Å². The highest BCUT2D eigenvalue weighted by Crippen LogP contribution is 1.94. The standard InChI is InChI=1S/C7H15NO/c1-4-9-8-6-5-7(2)3/h6-7H,4-5H2,1-3H3/b8-6+. The first-order chi connectivity index (χ1) is 4.27. The molecule has 0 aromatic carbocycles. The Morgan fingerprint density at radius 1 is 1.56 bits per heavy atom. The Kier molecular flexibility index (Phi) is 5.27. The molecule has 0 radical (unpaired) electrons. The topological polar surface area (TPSA) is 21.6 Å². The predicted octanol–water partition coefficient (Wildman–Crippen LogP) is 2.05. The van der Waals surface area contributed by atoms with Crippen LogP contribution in [0.5, 0.6) is 0 Å². The van der Waals surface area contributed by atoms with Crippen LogP contribution in [0.15, 0.2) is 5.16 Å². The molecular weight excluding hydrogens is 114 g/mol. The molecule has 0 spiro atoms. The normalized spacial score (nSPS) is 11.1. The summed E-state index contributed by atoms with van der Waals surface area (Å²) >= 11 is 0. The molecule has 0 atom stereocenters. The van der Waals surface area contributed by atoms with Crippen LogP contribution in [0.2, 0.25) is 0 Å². The highest BCUT2D eigenvalue weighted by Gasteiger charge is 1.86. The van der Waals surface area contributed by atoms with Crippen molar-refractivity contribution in [3.8, 4) is 0 Å². The fraction of sp³-hybridized carbons (Fsp3) is 0.857. The fourth-order valence-electron chi connectivity index (χ4n) is 0.381. The van der Waals surface area contributed by atoms with E-state index in [1.807, 2.05) is 13.1 Å². The second kappa shape index (κ2) is 5.60. The third-order valence-electron chi connectivity index (χ3n) is 0.855. The lowest BCUT2D eigenvalue weighted by atomic mass is 10.2. The zero-order valence-corrected chi connectivity index (χ0v) is 6.42. The summed E-state index contributed by atoms with van der Waals surface area (Å²) in [7, 11) is 0. The zero-order chi connectivity index (χ0) is 7.11. The van der Waals surface area contributed by atoms with Crippen LogP contribution >= 0.6 is 0 Å². The minimum atomic E-state index is 0.661. The van der Waals surface area contributed by atoms with Gasteiger partial charge < -0.3 is 4.84 Å². The molecule has 0 aromatic heterocycles. The number of hydrogen-bond acceptors (Lipinski definition) is 2. The molecule has 0 bridgehead atoms. The van der Waals surface area contributed by atoms with Gasteiger partial charge in [0.05, 0.1) is 0 Å². The molecule has 0 aliphatic carbocycles. The van der Waals surface area contributed by atoms with Gasteiger partial charge in [0, 0.05) is 6.21 Å². The summed E-state index contributed by atoms with van der Waals surface area (Å²) in [5.41, 5.74) is 0. The molecule has 2 heteroatoms.